The van der Waals surface area contributed by atoms with Gasteiger partial charge in [-0.15, -0.1) is 0 Å². The normalized spacial score (nSPS) is 10.2. The predicted octanol–water partition coefficient (Wildman–Crippen LogP) is 3.11. The smallest absolute Gasteiger partial charge is 0.243 e. The van der Waals surface area contributed by atoms with Gasteiger partial charge >= 0.3 is 0 Å². The van der Waals surface area contributed by atoms with E-state index in [0.29, 0.717) is 30.6 Å². The van der Waals surface area contributed by atoms with Crippen LogP contribution in [0.4, 0.5) is 17.1 Å². The van der Waals surface area contributed by atoms with Crippen LogP contribution in [0.2, 0.25) is 0 Å². The molecule has 3 N–H and O–H groups in total. The first-order valence-corrected chi connectivity index (χ1v) is 9.60. The summed E-state index contributed by atoms with van der Waals surface area (Å²) in [6.45, 7) is 1.88. The number of carbonyl (C=O) groups is 3. The third-order valence-electron chi connectivity index (χ3n) is 4.26. The molecule has 0 fully saturated rings. The van der Waals surface area contributed by atoms with Crippen molar-refractivity contribution in [2.75, 3.05) is 36.6 Å². The van der Waals surface area contributed by atoms with Gasteiger partial charge < -0.3 is 20.9 Å². The van der Waals surface area contributed by atoms with E-state index in [9.17, 15) is 14.4 Å². The fourth-order valence-electron chi connectivity index (χ4n) is 2.62. The second-order valence-electron chi connectivity index (χ2n) is 6.87. The highest BCUT2D eigenvalue weighted by Crippen LogP contribution is 2.16. The highest BCUT2D eigenvalue weighted by atomic mass is 16.2. The van der Waals surface area contributed by atoms with Crippen LogP contribution in [0.1, 0.15) is 25.3 Å². The predicted molar refractivity (Wildman–Crippen MR) is 116 cm³/mol. The van der Waals surface area contributed by atoms with Crippen molar-refractivity contribution in [3.05, 3.63) is 54.1 Å². The fourth-order valence-corrected chi connectivity index (χ4v) is 2.62. The van der Waals surface area contributed by atoms with E-state index in [1.807, 2.05) is 36.4 Å². The van der Waals surface area contributed by atoms with E-state index < -0.39 is 0 Å². The van der Waals surface area contributed by atoms with E-state index in [1.165, 1.54) is 0 Å². The molecule has 0 aliphatic heterocycles. The van der Waals surface area contributed by atoms with Crippen LogP contribution in [-0.4, -0.2) is 43.3 Å². The van der Waals surface area contributed by atoms with Gasteiger partial charge in [0.1, 0.15) is 0 Å². The number of hydrogen-bond donors (Lipinski definition) is 3. The minimum atomic E-state index is -0.186. The lowest BCUT2D eigenvalue weighted by Crippen LogP contribution is -2.22. The van der Waals surface area contributed by atoms with Gasteiger partial charge in [-0.3, -0.25) is 14.4 Å². The first-order valence-electron chi connectivity index (χ1n) is 9.60. The lowest BCUT2D eigenvalue weighted by Gasteiger charge is -2.12. The maximum Gasteiger partial charge on any atom is 0.243 e. The quantitative estimate of drug-likeness (QED) is 0.607. The van der Waals surface area contributed by atoms with Crippen molar-refractivity contribution in [3.8, 4) is 0 Å². The van der Waals surface area contributed by atoms with Crippen molar-refractivity contribution in [2.24, 2.45) is 0 Å². The Morgan fingerprint density at radius 1 is 0.862 bits per heavy atom. The SMILES string of the molecule is CCC(=O)Nc1cccc(NCC(=O)Nc2cccc(CCC(=O)N(C)C)c2)c1. The molecule has 0 aliphatic rings. The Hall–Kier alpha value is -3.35. The van der Waals surface area contributed by atoms with Gasteiger partial charge in [0.2, 0.25) is 17.7 Å². The summed E-state index contributed by atoms with van der Waals surface area (Å²) in [6, 6.07) is 14.7. The molecule has 2 rings (SSSR count). The van der Waals surface area contributed by atoms with Gasteiger partial charge in [0.05, 0.1) is 6.54 Å². The average Bonchev–Trinajstić information content (AvgIpc) is 2.71. The fraction of sp³-hybridized carbons (Fsp3) is 0.318. The zero-order valence-corrected chi connectivity index (χ0v) is 17.1. The summed E-state index contributed by atoms with van der Waals surface area (Å²) >= 11 is 0. The van der Waals surface area contributed by atoms with E-state index in [-0.39, 0.29) is 24.3 Å². The minimum absolute atomic E-state index is 0.0629. The van der Waals surface area contributed by atoms with Crippen molar-refractivity contribution >= 4 is 34.8 Å². The highest BCUT2D eigenvalue weighted by Gasteiger charge is 2.07. The summed E-state index contributed by atoms with van der Waals surface area (Å²) in [5.74, 6) is -0.178. The van der Waals surface area contributed by atoms with Crippen molar-refractivity contribution in [1.82, 2.24) is 4.90 Å². The van der Waals surface area contributed by atoms with Gasteiger partial charge in [-0.2, -0.15) is 0 Å². The summed E-state index contributed by atoms with van der Waals surface area (Å²) < 4.78 is 0. The number of amides is 3. The van der Waals surface area contributed by atoms with Crippen molar-refractivity contribution in [3.63, 3.8) is 0 Å². The molecular formula is C22H28N4O3. The Morgan fingerprint density at radius 3 is 2.17 bits per heavy atom. The van der Waals surface area contributed by atoms with E-state index in [2.05, 4.69) is 16.0 Å². The molecule has 3 amide bonds. The topological polar surface area (TPSA) is 90.5 Å². The number of carbonyl (C=O) groups excluding carboxylic acids is 3. The molecule has 0 aromatic heterocycles. The van der Waals surface area contributed by atoms with Gasteiger partial charge in [-0.1, -0.05) is 25.1 Å². The maximum absolute atomic E-state index is 12.3. The minimum Gasteiger partial charge on any atom is -0.376 e. The number of anilines is 3. The zero-order valence-electron chi connectivity index (χ0n) is 17.1. The first kappa shape index (κ1) is 21.9. The Balaban J connectivity index is 1.86. The number of nitrogens with zero attached hydrogens (tertiary/aromatic N) is 1. The van der Waals surface area contributed by atoms with Crippen LogP contribution in [0.3, 0.4) is 0 Å². The zero-order chi connectivity index (χ0) is 21.2. The molecule has 2 aromatic carbocycles. The Bertz CT molecular complexity index is 865. The Morgan fingerprint density at radius 2 is 1.48 bits per heavy atom. The molecule has 0 bridgehead atoms. The standard InChI is InChI=1S/C22H28N4O3/c1-4-20(27)24-19-10-6-8-17(14-19)23-15-21(28)25-18-9-5-7-16(13-18)11-12-22(29)26(2)3/h5-10,13-14,23H,4,11-12,15H2,1-3H3,(H,24,27)(H,25,28). The molecule has 0 saturated carbocycles. The molecule has 29 heavy (non-hydrogen) atoms. The lowest BCUT2D eigenvalue weighted by atomic mass is 10.1. The van der Waals surface area contributed by atoms with Gasteiger partial charge in [-0.05, 0) is 42.3 Å². The summed E-state index contributed by atoms with van der Waals surface area (Å²) in [4.78, 5) is 37.0. The lowest BCUT2D eigenvalue weighted by molar-refractivity contribution is -0.128. The van der Waals surface area contributed by atoms with Gasteiger partial charge in [0.15, 0.2) is 0 Å². The molecule has 0 unspecified atom stereocenters. The van der Waals surface area contributed by atoms with E-state index >= 15 is 0 Å². The second-order valence-corrected chi connectivity index (χ2v) is 6.87. The van der Waals surface area contributed by atoms with E-state index in [4.69, 9.17) is 0 Å². The Kier molecular flexibility index (Phi) is 8.21. The number of nitrogens with one attached hydrogen (secondary N) is 3. The van der Waals surface area contributed by atoms with Crippen LogP contribution < -0.4 is 16.0 Å². The molecule has 7 heteroatoms. The molecule has 2 aromatic rings. The van der Waals surface area contributed by atoms with Gasteiger partial charge in [0, 0.05) is 44.0 Å². The molecule has 0 heterocycles. The number of aryl methyl sites for hydroxylation is 1. The summed E-state index contributed by atoms with van der Waals surface area (Å²) in [7, 11) is 3.47. The second kappa shape index (κ2) is 10.8. The average molecular weight is 396 g/mol. The summed E-state index contributed by atoms with van der Waals surface area (Å²) in [5, 5.41) is 8.69. The molecule has 154 valence electrons. The van der Waals surface area contributed by atoms with Crippen molar-refractivity contribution in [2.45, 2.75) is 26.2 Å². The summed E-state index contributed by atoms with van der Waals surface area (Å²) in [5.41, 5.74) is 3.10. The maximum atomic E-state index is 12.3. The van der Waals surface area contributed by atoms with Crippen LogP contribution >= 0.6 is 0 Å². The largest absolute Gasteiger partial charge is 0.376 e. The Labute approximate surface area is 171 Å². The van der Waals surface area contributed by atoms with Crippen LogP contribution in [-0.2, 0) is 20.8 Å². The van der Waals surface area contributed by atoms with E-state index in [1.54, 1.807) is 38.1 Å². The van der Waals surface area contributed by atoms with E-state index in [0.717, 1.165) is 11.3 Å². The molecule has 0 radical (unpaired) electrons. The van der Waals surface area contributed by atoms with Crippen molar-refractivity contribution in [1.29, 1.82) is 0 Å². The van der Waals surface area contributed by atoms with Crippen LogP contribution in [0.15, 0.2) is 48.5 Å². The number of rotatable bonds is 9. The number of hydrogen-bond acceptors (Lipinski definition) is 4. The van der Waals surface area contributed by atoms with Crippen LogP contribution in [0.25, 0.3) is 0 Å². The van der Waals surface area contributed by atoms with Crippen molar-refractivity contribution < 1.29 is 14.4 Å². The molecule has 0 spiro atoms. The molecule has 0 aliphatic carbocycles. The van der Waals surface area contributed by atoms with Gasteiger partial charge in [0.25, 0.3) is 0 Å². The van der Waals surface area contributed by atoms with Gasteiger partial charge in [-0.25, -0.2) is 0 Å². The molecule has 0 saturated heterocycles. The third kappa shape index (κ3) is 7.65. The van der Waals surface area contributed by atoms with Crippen LogP contribution in [0, 0.1) is 0 Å². The molecule has 7 nitrogen and oxygen atoms in total. The third-order valence-corrected chi connectivity index (χ3v) is 4.26. The first-order chi connectivity index (χ1) is 13.9. The molecular weight excluding hydrogens is 368 g/mol. The monoisotopic (exact) mass is 396 g/mol. The van der Waals surface area contributed by atoms with Crippen LogP contribution in [0.5, 0.6) is 0 Å². The molecule has 0 atom stereocenters. The highest BCUT2D eigenvalue weighted by molar-refractivity contribution is 5.94. The number of benzene rings is 2. The summed E-state index contributed by atoms with van der Waals surface area (Å²) in [6.07, 6.45) is 1.45.